The van der Waals surface area contributed by atoms with Crippen LogP contribution in [0.15, 0.2) is 0 Å². The van der Waals surface area contributed by atoms with E-state index in [2.05, 4.69) is 12.2 Å². The Morgan fingerprint density at radius 1 is 1.10 bits per heavy atom. The number of nitrogens with one attached hydrogen (secondary N) is 1. The van der Waals surface area contributed by atoms with Crippen molar-refractivity contribution in [1.82, 2.24) is 9.97 Å². The molecule has 20 heavy (non-hydrogen) atoms. The second kappa shape index (κ2) is 6.11. The van der Waals surface area contributed by atoms with Crippen molar-refractivity contribution >= 4 is 5.82 Å². The van der Waals surface area contributed by atoms with Gasteiger partial charge < -0.3 is 5.32 Å². The topological polar surface area (TPSA) is 37.8 Å². The van der Waals surface area contributed by atoms with E-state index in [0.717, 1.165) is 30.4 Å². The molecule has 0 atom stereocenters. The molecular weight excluding hydrogens is 246 g/mol. The molecule has 1 heterocycles. The minimum Gasteiger partial charge on any atom is -0.373 e. The molecule has 1 aromatic rings. The molecule has 0 saturated heterocycles. The monoisotopic (exact) mass is 273 g/mol. The van der Waals surface area contributed by atoms with Gasteiger partial charge in [-0.25, -0.2) is 9.97 Å². The maximum atomic E-state index is 4.91. The van der Waals surface area contributed by atoms with E-state index in [1.165, 1.54) is 56.2 Å². The molecule has 110 valence electrons. The normalized spacial score (nSPS) is 25.5. The molecule has 0 aliphatic heterocycles. The van der Waals surface area contributed by atoms with E-state index in [4.69, 9.17) is 9.97 Å². The summed E-state index contributed by atoms with van der Waals surface area (Å²) in [4.78, 5) is 9.74. The Morgan fingerprint density at radius 3 is 2.60 bits per heavy atom. The summed E-state index contributed by atoms with van der Waals surface area (Å²) in [7, 11) is 1.99. The van der Waals surface area contributed by atoms with Gasteiger partial charge in [0.05, 0.1) is 0 Å². The number of fused-ring (bicyclic) bond motifs is 1. The molecule has 1 aromatic heterocycles. The van der Waals surface area contributed by atoms with Crippen molar-refractivity contribution in [2.24, 2.45) is 5.92 Å². The minimum absolute atomic E-state index is 0.598. The van der Waals surface area contributed by atoms with Crippen LogP contribution >= 0.6 is 0 Å². The van der Waals surface area contributed by atoms with Gasteiger partial charge in [0.25, 0.3) is 0 Å². The summed E-state index contributed by atoms with van der Waals surface area (Å²) in [6, 6.07) is 0. The molecule has 0 unspecified atom stereocenters. The maximum Gasteiger partial charge on any atom is 0.134 e. The van der Waals surface area contributed by atoms with E-state index >= 15 is 0 Å². The Labute approximate surface area is 122 Å². The van der Waals surface area contributed by atoms with Crippen LogP contribution in [0.5, 0.6) is 0 Å². The Morgan fingerprint density at radius 2 is 1.90 bits per heavy atom. The van der Waals surface area contributed by atoms with E-state index in [9.17, 15) is 0 Å². The maximum absolute atomic E-state index is 4.91. The van der Waals surface area contributed by atoms with Crippen molar-refractivity contribution in [2.45, 2.75) is 70.6 Å². The summed E-state index contributed by atoms with van der Waals surface area (Å²) >= 11 is 0. The van der Waals surface area contributed by atoms with Crippen LogP contribution in [-0.2, 0) is 12.8 Å². The lowest BCUT2D eigenvalue weighted by Gasteiger charge is -2.28. The lowest BCUT2D eigenvalue weighted by atomic mass is 9.79. The number of rotatable bonds is 4. The van der Waals surface area contributed by atoms with Crippen LogP contribution in [0.2, 0.25) is 0 Å². The first-order valence-electron chi connectivity index (χ1n) is 8.39. The molecule has 1 fully saturated rings. The van der Waals surface area contributed by atoms with Crippen LogP contribution in [0.3, 0.4) is 0 Å². The zero-order valence-corrected chi connectivity index (χ0v) is 12.9. The molecular formula is C17H27N3. The summed E-state index contributed by atoms with van der Waals surface area (Å²) in [6.45, 7) is 2.30. The first-order valence-corrected chi connectivity index (χ1v) is 8.39. The molecule has 0 bridgehead atoms. The zero-order chi connectivity index (χ0) is 13.9. The Balaban J connectivity index is 1.75. The van der Waals surface area contributed by atoms with Crippen molar-refractivity contribution in [2.75, 3.05) is 12.4 Å². The second-order valence-electron chi connectivity index (χ2n) is 6.47. The largest absolute Gasteiger partial charge is 0.373 e. The van der Waals surface area contributed by atoms with E-state index in [0.29, 0.717) is 5.92 Å². The number of nitrogens with zero attached hydrogens (tertiary/aromatic N) is 2. The van der Waals surface area contributed by atoms with Crippen LogP contribution < -0.4 is 5.32 Å². The van der Waals surface area contributed by atoms with Crippen LogP contribution in [0.1, 0.15) is 74.9 Å². The second-order valence-corrected chi connectivity index (χ2v) is 6.47. The predicted molar refractivity (Wildman–Crippen MR) is 83.2 cm³/mol. The van der Waals surface area contributed by atoms with Gasteiger partial charge in [-0.15, -0.1) is 0 Å². The average Bonchev–Trinajstić information content (AvgIpc) is 2.95. The van der Waals surface area contributed by atoms with Crippen molar-refractivity contribution < 1.29 is 0 Å². The lowest BCUT2D eigenvalue weighted by molar-refractivity contribution is 0.302. The highest BCUT2D eigenvalue weighted by molar-refractivity contribution is 5.48. The smallest absolute Gasteiger partial charge is 0.134 e. The van der Waals surface area contributed by atoms with Gasteiger partial charge in [0, 0.05) is 24.2 Å². The third kappa shape index (κ3) is 2.68. The van der Waals surface area contributed by atoms with Gasteiger partial charge in [-0.3, -0.25) is 0 Å². The molecule has 0 aromatic carbocycles. The average molecular weight is 273 g/mol. The van der Waals surface area contributed by atoms with E-state index in [-0.39, 0.29) is 0 Å². The van der Waals surface area contributed by atoms with Crippen LogP contribution in [0.4, 0.5) is 5.82 Å². The Kier molecular flexibility index (Phi) is 4.23. The fourth-order valence-corrected chi connectivity index (χ4v) is 3.96. The first-order chi connectivity index (χ1) is 9.81. The van der Waals surface area contributed by atoms with Gasteiger partial charge in [-0.2, -0.15) is 0 Å². The summed E-state index contributed by atoms with van der Waals surface area (Å²) in [5, 5.41) is 3.28. The highest BCUT2D eigenvalue weighted by Gasteiger charge is 2.26. The minimum atomic E-state index is 0.598. The van der Waals surface area contributed by atoms with Crippen molar-refractivity contribution in [3.8, 4) is 0 Å². The Hall–Kier alpha value is -1.12. The van der Waals surface area contributed by atoms with Crippen molar-refractivity contribution in [1.29, 1.82) is 0 Å². The van der Waals surface area contributed by atoms with Crippen LogP contribution in [-0.4, -0.2) is 17.0 Å². The highest BCUT2D eigenvalue weighted by Crippen LogP contribution is 2.37. The van der Waals surface area contributed by atoms with Gasteiger partial charge in [-0.05, 0) is 50.9 Å². The summed E-state index contributed by atoms with van der Waals surface area (Å²) in [6.07, 6.45) is 11.6. The van der Waals surface area contributed by atoms with E-state index in [1.54, 1.807) is 0 Å². The molecule has 3 rings (SSSR count). The van der Waals surface area contributed by atoms with Crippen molar-refractivity contribution in [3.63, 3.8) is 0 Å². The SMILES string of the molecule is CCCC1CCC(c2nc3c(c(NC)n2)CCC3)CC1. The number of hydrogen-bond acceptors (Lipinski definition) is 3. The molecule has 2 aliphatic rings. The number of aryl methyl sites for hydroxylation is 1. The van der Waals surface area contributed by atoms with Gasteiger partial charge in [0.15, 0.2) is 0 Å². The molecule has 3 nitrogen and oxygen atoms in total. The molecule has 0 spiro atoms. The third-order valence-electron chi connectivity index (χ3n) is 5.10. The van der Waals surface area contributed by atoms with E-state index < -0.39 is 0 Å². The molecule has 2 aliphatic carbocycles. The summed E-state index contributed by atoms with van der Waals surface area (Å²) in [5.74, 6) is 3.76. The number of aromatic nitrogens is 2. The van der Waals surface area contributed by atoms with Gasteiger partial charge >= 0.3 is 0 Å². The Bertz CT molecular complexity index is 462. The van der Waals surface area contributed by atoms with Crippen LogP contribution in [0.25, 0.3) is 0 Å². The fraction of sp³-hybridized carbons (Fsp3) is 0.765. The zero-order valence-electron chi connectivity index (χ0n) is 12.9. The summed E-state index contributed by atoms with van der Waals surface area (Å²) in [5.41, 5.74) is 2.69. The molecule has 1 saturated carbocycles. The fourth-order valence-electron chi connectivity index (χ4n) is 3.96. The summed E-state index contributed by atoms with van der Waals surface area (Å²) < 4.78 is 0. The van der Waals surface area contributed by atoms with Crippen molar-refractivity contribution in [3.05, 3.63) is 17.1 Å². The van der Waals surface area contributed by atoms with Gasteiger partial charge in [0.1, 0.15) is 11.6 Å². The standard InChI is InChI=1S/C17H27N3/c1-3-5-12-8-10-13(11-9-12)16-19-15-7-4-6-14(15)17(18-2)20-16/h12-13H,3-11H2,1-2H3,(H,18,19,20). The van der Waals surface area contributed by atoms with E-state index in [1.807, 2.05) is 7.05 Å². The number of hydrogen-bond donors (Lipinski definition) is 1. The quantitative estimate of drug-likeness (QED) is 0.898. The van der Waals surface area contributed by atoms with Crippen LogP contribution in [0, 0.1) is 5.92 Å². The lowest BCUT2D eigenvalue weighted by Crippen LogP contribution is -2.17. The highest BCUT2D eigenvalue weighted by atomic mass is 15.0. The molecule has 0 radical (unpaired) electrons. The molecule has 0 amide bonds. The van der Waals surface area contributed by atoms with Gasteiger partial charge in [-0.1, -0.05) is 19.8 Å². The predicted octanol–water partition coefficient (Wildman–Crippen LogP) is 4.08. The molecule has 3 heteroatoms. The van der Waals surface area contributed by atoms with Gasteiger partial charge in [0.2, 0.25) is 0 Å². The first kappa shape index (κ1) is 13.8. The number of anilines is 1. The third-order valence-corrected chi connectivity index (χ3v) is 5.10. The molecule has 1 N–H and O–H groups in total.